The lowest BCUT2D eigenvalue weighted by molar-refractivity contribution is -0.123. The molecule has 4 atom stereocenters. The van der Waals surface area contributed by atoms with Crippen molar-refractivity contribution in [1.29, 1.82) is 0 Å². The fraction of sp³-hybridized carbons (Fsp3) is 0.333. The van der Waals surface area contributed by atoms with Gasteiger partial charge in [-0.05, 0) is 18.3 Å². The maximum atomic E-state index is 13.9. The molecular weight excluding hydrogens is 321 g/mol. The van der Waals surface area contributed by atoms with Crippen molar-refractivity contribution in [3.05, 3.63) is 41.2 Å². The van der Waals surface area contributed by atoms with Gasteiger partial charge in [0.1, 0.15) is 5.69 Å². The van der Waals surface area contributed by atoms with Crippen LogP contribution in [0.1, 0.15) is 6.42 Å². The zero-order valence-electron chi connectivity index (χ0n) is 11.3. The first-order valence-electron chi connectivity index (χ1n) is 6.92. The Kier molecular flexibility index (Phi) is 2.74. The molecule has 1 aromatic rings. The molecule has 2 unspecified atom stereocenters. The lowest BCUT2D eigenvalue weighted by Gasteiger charge is -2.19. The Balaban J connectivity index is 1.88. The molecule has 1 heterocycles. The molecule has 0 aromatic heterocycles. The molecule has 0 N–H and O–H groups in total. The van der Waals surface area contributed by atoms with E-state index in [0.717, 1.165) is 0 Å². The number of carbonyl (C=O) groups excluding carboxylic acids is 2. The lowest BCUT2D eigenvalue weighted by atomic mass is 9.85. The van der Waals surface area contributed by atoms with E-state index in [2.05, 4.69) is 0 Å². The highest BCUT2D eigenvalue weighted by Crippen LogP contribution is 2.53. The monoisotopic (exact) mass is 329 g/mol. The second-order valence-electron chi connectivity index (χ2n) is 5.93. The Hall–Kier alpha value is -2.25. The standard InChI is InChI=1S/C15H8F5NO2/c16-8-9(17)11(19)13(12(20)10(8)18)21-14(22)6-4-1-2-5(3-4)7(6)15(21)23/h1-2,4-7H,3H2/t4?,5?,6-,7+. The van der Waals surface area contributed by atoms with Crippen LogP contribution in [0, 0.1) is 52.8 Å². The third kappa shape index (κ3) is 1.58. The molecule has 1 saturated heterocycles. The van der Waals surface area contributed by atoms with E-state index >= 15 is 0 Å². The fourth-order valence-corrected chi connectivity index (χ4v) is 3.91. The van der Waals surface area contributed by atoms with Crippen LogP contribution in [0.2, 0.25) is 0 Å². The zero-order chi connectivity index (χ0) is 16.6. The Morgan fingerprint density at radius 2 is 1.13 bits per heavy atom. The number of imide groups is 1. The van der Waals surface area contributed by atoms with Gasteiger partial charge in [0.05, 0.1) is 11.8 Å². The topological polar surface area (TPSA) is 37.4 Å². The van der Waals surface area contributed by atoms with Crippen molar-refractivity contribution in [2.75, 3.05) is 4.90 Å². The van der Waals surface area contributed by atoms with Gasteiger partial charge in [0, 0.05) is 0 Å². The van der Waals surface area contributed by atoms with Crippen molar-refractivity contribution < 1.29 is 31.5 Å². The summed E-state index contributed by atoms with van der Waals surface area (Å²) in [6, 6.07) is 0. The summed E-state index contributed by atoms with van der Waals surface area (Å²) in [6.07, 6.45) is 4.08. The summed E-state index contributed by atoms with van der Waals surface area (Å²) >= 11 is 0. The van der Waals surface area contributed by atoms with E-state index in [4.69, 9.17) is 0 Å². The molecule has 4 rings (SSSR count). The molecule has 3 aliphatic rings. The average Bonchev–Trinajstić information content (AvgIpc) is 3.20. The first kappa shape index (κ1) is 14.3. The van der Waals surface area contributed by atoms with Gasteiger partial charge in [-0.3, -0.25) is 9.59 Å². The van der Waals surface area contributed by atoms with E-state index in [1.807, 2.05) is 0 Å². The highest BCUT2D eigenvalue weighted by atomic mass is 19.2. The molecule has 2 amide bonds. The molecule has 2 fully saturated rings. The first-order chi connectivity index (χ1) is 10.8. The maximum Gasteiger partial charge on any atom is 0.238 e. The lowest BCUT2D eigenvalue weighted by Crippen LogP contribution is -2.35. The third-order valence-corrected chi connectivity index (χ3v) is 4.88. The number of amides is 2. The van der Waals surface area contributed by atoms with Crippen LogP contribution in [0.4, 0.5) is 27.6 Å². The molecule has 0 radical (unpaired) electrons. The van der Waals surface area contributed by atoms with Crippen LogP contribution in [0.15, 0.2) is 12.2 Å². The summed E-state index contributed by atoms with van der Waals surface area (Å²) in [5.74, 6) is -15.0. The minimum Gasteiger partial charge on any atom is -0.274 e. The second-order valence-corrected chi connectivity index (χ2v) is 5.93. The van der Waals surface area contributed by atoms with Gasteiger partial charge in [0.15, 0.2) is 23.3 Å². The molecule has 1 aliphatic heterocycles. The summed E-state index contributed by atoms with van der Waals surface area (Å²) in [7, 11) is 0. The minimum absolute atomic E-state index is 0.123. The van der Waals surface area contributed by atoms with E-state index in [1.54, 1.807) is 12.2 Å². The summed E-state index contributed by atoms with van der Waals surface area (Å²) in [4.78, 5) is 24.9. The molecule has 23 heavy (non-hydrogen) atoms. The number of halogens is 5. The molecule has 2 aliphatic carbocycles. The van der Waals surface area contributed by atoms with E-state index in [0.29, 0.717) is 6.42 Å². The Morgan fingerprint density at radius 1 is 0.739 bits per heavy atom. The van der Waals surface area contributed by atoms with Crippen LogP contribution < -0.4 is 4.90 Å². The van der Waals surface area contributed by atoms with Gasteiger partial charge in [0.2, 0.25) is 17.6 Å². The summed E-state index contributed by atoms with van der Waals surface area (Å²) in [5.41, 5.74) is -1.48. The number of nitrogens with zero attached hydrogens (tertiary/aromatic N) is 1. The SMILES string of the molecule is O=C1[C@@H]2C3C=CC(C3)[C@@H]2C(=O)N1c1c(F)c(F)c(F)c(F)c1F. The molecule has 1 aromatic carbocycles. The largest absolute Gasteiger partial charge is 0.274 e. The fourth-order valence-electron chi connectivity index (χ4n) is 3.91. The van der Waals surface area contributed by atoms with E-state index in [1.165, 1.54) is 0 Å². The van der Waals surface area contributed by atoms with E-state index < -0.39 is 58.4 Å². The predicted molar refractivity (Wildman–Crippen MR) is 66.4 cm³/mol. The van der Waals surface area contributed by atoms with Gasteiger partial charge in [-0.15, -0.1) is 0 Å². The maximum absolute atomic E-state index is 13.9. The Labute approximate surface area is 126 Å². The zero-order valence-corrected chi connectivity index (χ0v) is 11.3. The first-order valence-corrected chi connectivity index (χ1v) is 6.92. The quantitative estimate of drug-likeness (QED) is 0.261. The minimum atomic E-state index is -2.33. The molecule has 2 bridgehead atoms. The van der Waals surface area contributed by atoms with Crippen LogP contribution >= 0.6 is 0 Å². The predicted octanol–water partition coefficient (Wildman–Crippen LogP) is 2.69. The number of carbonyl (C=O) groups is 2. The number of allylic oxidation sites excluding steroid dienone is 2. The summed E-state index contributed by atoms with van der Waals surface area (Å²) in [5, 5.41) is 0. The Bertz CT molecular complexity index is 747. The normalized spacial score (nSPS) is 31.4. The smallest absolute Gasteiger partial charge is 0.238 e. The van der Waals surface area contributed by atoms with Gasteiger partial charge in [-0.1, -0.05) is 12.2 Å². The number of hydrogen-bond acceptors (Lipinski definition) is 2. The van der Waals surface area contributed by atoms with Crippen LogP contribution in [-0.2, 0) is 9.59 Å². The van der Waals surface area contributed by atoms with Crippen molar-refractivity contribution in [1.82, 2.24) is 0 Å². The van der Waals surface area contributed by atoms with Gasteiger partial charge in [0.25, 0.3) is 0 Å². The van der Waals surface area contributed by atoms with Gasteiger partial charge in [-0.25, -0.2) is 26.9 Å². The molecular formula is C15H8F5NO2. The average molecular weight is 329 g/mol. The summed E-state index contributed by atoms with van der Waals surface area (Å²) < 4.78 is 67.6. The van der Waals surface area contributed by atoms with Crippen molar-refractivity contribution in [3.8, 4) is 0 Å². The van der Waals surface area contributed by atoms with Gasteiger partial charge < -0.3 is 0 Å². The molecule has 3 nitrogen and oxygen atoms in total. The molecule has 8 heteroatoms. The van der Waals surface area contributed by atoms with Crippen LogP contribution in [0.3, 0.4) is 0 Å². The number of rotatable bonds is 1. The highest BCUT2D eigenvalue weighted by molar-refractivity contribution is 6.23. The van der Waals surface area contributed by atoms with Crippen LogP contribution in [0.5, 0.6) is 0 Å². The van der Waals surface area contributed by atoms with Crippen molar-refractivity contribution in [2.24, 2.45) is 23.7 Å². The third-order valence-electron chi connectivity index (χ3n) is 4.88. The number of fused-ring (bicyclic) bond motifs is 5. The molecule has 1 saturated carbocycles. The molecule has 120 valence electrons. The van der Waals surface area contributed by atoms with Crippen molar-refractivity contribution in [2.45, 2.75) is 6.42 Å². The van der Waals surface area contributed by atoms with E-state index in [9.17, 15) is 31.5 Å². The second kappa shape index (κ2) is 4.39. The van der Waals surface area contributed by atoms with Gasteiger partial charge >= 0.3 is 0 Å². The highest BCUT2D eigenvalue weighted by Gasteiger charge is 2.60. The molecule has 0 spiro atoms. The Morgan fingerprint density at radius 3 is 1.57 bits per heavy atom. The number of hydrogen-bond donors (Lipinski definition) is 0. The van der Waals surface area contributed by atoms with Gasteiger partial charge in [-0.2, -0.15) is 0 Å². The number of anilines is 1. The summed E-state index contributed by atoms with van der Waals surface area (Å²) in [6.45, 7) is 0. The van der Waals surface area contributed by atoms with E-state index in [-0.39, 0.29) is 16.7 Å². The van der Waals surface area contributed by atoms with Crippen LogP contribution in [0.25, 0.3) is 0 Å². The van der Waals surface area contributed by atoms with Crippen LogP contribution in [-0.4, -0.2) is 11.8 Å². The van der Waals surface area contributed by atoms with Crippen molar-refractivity contribution >= 4 is 17.5 Å². The number of benzene rings is 1. The van der Waals surface area contributed by atoms with Crippen molar-refractivity contribution in [3.63, 3.8) is 0 Å².